The van der Waals surface area contributed by atoms with Crippen molar-refractivity contribution in [2.24, 2.45) is 11.5 Å². The summed E-state index contributed by atoms with van der Waals surface area (Å²) in [5, 5.41) is 5.60. The SMILES string of the molecule is NC(=O)c1cccc(C2(C(F)F)CNCC(N)N2)c1. The highest BCUT2D eigenvalue weighted by atomic mass is 19.3. The highest BCUT2D eigenvalue weighted by Crippen LogP contribution is 2.30. The lowest BCUT2D eigenvalue weighted by Crippen LogP contribution is -2.67. The van der Waals surface area contributed by atoms with Crippen LogP contribution in [0.25, 0.3) is 0 Å². The normalized spacial score (nSPS) is 27.5. The quantitative estimate of drug-likeness (QED) is 0.608. The fraction of sp³-hybridized carbons (Fsp3) is 0.417. The third kappa shape index (κ3) is 2.58. The van der Waals surface area contributed by atoms with Crippen LogP contribution in [0.15, 0.2) is 24.3 Å². The second-order valence-corrected chi connectivity index (χ2v) is 4.60. The van der Waals surface area contributed by atoms with Crippen molar-refractivity contribution >= 4 is 5.91 Å². The van der Waals surface area contributed by atoms with Gasteiger partial charge in [0.25, 0.3) is 6.43 Å². The Hall–Kier alpha value is -1.57. The average Bonchev–Trinajstić information content (AvgIpc) is 2.38. The number of primary amides is 1. The maximum absolute atomic E-state index is 13.5. The van der Waals surface area contributed by atoms with Crippen LogP contribution in [0.2, 0.25) is 0 Å². The van der Waals surface area contributed by atoms with Crippen LogP contribution in [0.1, 0.15) is 15.9 Å². The van der Waals surface area contributed by atoms with Crippen molar-refractivity contribution in [1.82, 2.24) is 10.6 Å². The molecule has 1 fully saturated rings. The number of carbonyl (C=O) groups excluding carboxylic acids is 1. The van der Waals surface area contributed by atoms with Gasteiger partial charge in [0.2, 0.25) is 5.91 Å². The largest absolute Gasteiger partial charge is 0.366 e. The first-order valence-corrected chi connectivity index (χ1v) is 5.88. The van der Waals surface area contributed by atoms with Crippen LogP contribution in [-0.2, 0) is 5.54 Å². The third-order valence-corrected chi connectivity index (χ3v) is 3.25. The molecule has 1 aliphatic heterocycles. The molecule has 1 saturated heterocycles. The number of halogens is 2. The molecule has 5 nitrogen and oxygen atoms in total. The van der Waals surface area contributed by atoms with E-state index >= 15 is 0 Å². The monoisotopic (exact) mass is 270 g/mol. The summed E-state index contributed by atoms with van der Waals surface area (Å²) in [6.07, 6.45) is -3.26. The van der Waals surface area contributed by atoms with Crippen LogP contribution in [0.4, 0.5) is 8.78 Å². The minimum absolute atomic E-state index is 0.0284. The first-order chi connectivity index (χ1) is 8.95. The molecule has 0 saturated carbocycles. The van der Waals surface area contributed by atoms with Gasteiger partial charge in [0.15, 0.2) is 0 Å². The Labute approximate surface area is 109 Å². The van der Waals surface area contributed by atoms with Crippen molar-refractivity contribution in [3.05, 3.63) is 35.4 Å². The molecule has 1 aromatic carbocycles. The van der Waals surface area contributed by atoms with Crippen molar-refractivity contribution in [3.8, 4) is 0 Å². The minimum Gasteiger partial charge on any atom is -0.366 e. The van der Waals surface area contributed by atoms with E-state index in [1.807, 2.05) is 0 Å². The molecule has 0 aliphatic carbocycles. The second kappa shape index (κ2) is 5.20. The molecule has 1 heterocycles. The van der Waals surface area contributed by atoms with Gasteiger partial charge in [0.1, 0.15) is 5.54 Å². The van der Waals surface area contributed by atoms with E-state index in [1.54, 1.807) is 0 Å². The van der Waals surface area contributed by atoms with Crippen LogP contribution in [-0.4, -0.2) is 31.6 Å². The highest BCUT2D eigenvalue weighted by molar-refractivity contribution is 5.92. The van der Waals surface area contributed by atoms with Crippen LogP contribution in [0, 0.1) is 0 Å². The Morgan fingerprint density at radius 2 is 2.21 bits per heavy atom. The van der Waals surface area contributed by atoms with Gasteiger partial charge in [0.05, 0.1) is 6.17 Å². The van der Waals surface area contributed by atoms with E-state index in [-0.39, 0.29) is 12.1 Å². The Balaban J connectivity index is 2.44. The van der Waals surface area contributed by atoms with Crippen molar-refractivity contribution in [1.29, 1.82) is 0 Å². The Bertz CT molecular complexity index is 483. The molecule has 7 heteroatoms. The summed E-state index contributed by atoms with van der Waals surface area (Å²) in [5.74, 6) is -0.653. The lowest BCUT2D eigenvalue weighted by Gasteiger charge is -2.41. The van der Waals surface area contributed by atoms with Gasteiger partial charge in [-0.15, -0.1) is 0 Å². The number of alkyl halides is 2. The van der Waals surface area contributed by atoms with Crippen molar-refractivity contribution < 1.29 is 13.6 Å². The molecule has 0 radical (unpaired) electrons. The van der Waals surface area contributed by atoms with Gasteiger partial charge in [-0.25, -0.2) is 8.78 Å². The number of piperazine rings is 1. The van der Waals surface area contributed by atoms with Crippen molar-refractivity contribution in [3.63, 3.8) is 0 Å². The van der Waals surface area contributed by atoms with E-state index in [4.69, 9.17) is 11.5 Å². The molecular formula is C12H16F2N4O. The maximum atomic E-state index is 13.5. The molecular weight excluding hydrogens is 254 g/mol. The summed E-state index contributed by atoms with van der Waals surface area (Å²) in [5.41, 5.74) is 9.73. The van der Waals surface area contributed by atoms with Gasteiger partial charge < -0.3 is 16.8 Å². The Morgan fingerprint density at radius 3 is 2.79 bits per heavy atom. The number of nitrogens with one attached hydrogen (secondary N) is 2. The van der Waals surface area contributed by atoms with Gasteiger partial charge in [-0.3, -0.25) is 10.1 Å². The van der Waals surface area contributed by atoms with Gasteiger partial charge in [0, 0.05) is 18.7 Å². The smallest absolute Gasteiger partial charge is 0.261 e. The minimum atomic E-state index is -2.67. The summed E-state index contributed by atoms with van der Waals surface area (Å²) in [7, 11) is 0. The van der Waals surface area contributed by atoms with Crippen LogP contribution < -0.4 is 22.1 Å². The number of hydrogen-bond acceptors (Lipinski definition) is 4. The predicted octanol–water partition coefficient (Wildman–Crippen LogP) is -0.276. The Kier molecular flexibility index (Phi) is 3.79. The van der Waals surface area contributed by atoms with E-state index < -0.39 is 24.0 Å². The van der Waals surface area contributed by atoms with E-state index in [1.165, 1.54) is 24.3 Å². The number of rotatable bonds is 3. The molecule has 2 unspecified atom stereocenters. The fourth-order valence-electron chi connectivity index (χ4n) is 2.26. The lowest BCUT2D eigenvalue weighted by molar-refractivity contribution is 0.00786. The molecule has 2 atom stereocenters. The van der Waals surface area contributed by atoms with E-state index in [0.717, 1.165) is 0 Å². The van der Waals surface area contributed by atoms with Crippen LogP contribution in [0.3, 0.4) is 0 Å². The topological polar surface area (TPSA) is 93.2 Å². The van der Waals surface area contributed by atoms with Gasteiger partial charge >= 0.3 is 0 Å². The summed E-state index contributed by atoms with van der Waals surface area (Å²) in [4.78, 5) is 11.1. The predicted molar refractivity (Wildman–Crippen MR) is 66.6 cm³/mol. The number of carbonyl (C=O) groups is 1. The first kappa shape index (κ1) is 13.9. The van der Waals surface area contributed by atoms with E-state index in [9.17, 15) is 13.6 Å². The first-order valence-electron chi connectivity index (χ1n) is 5.88. The zero-order valence-electron chi connectivity index (χ0n) is 10.2. The average molecular weight is 270 g/mol. The molecule has 19 heavy (non-hydrogen) atoms. The molecule has 1 amide bonds. The molecule has 0 bridgehead atoms. The second-order valence-electron chi connectivity index (χ2n) is 4.60. The van der Waals surface area contributed by atoms with E-state index in [2.05, 4.69) is 10.6 Å². The van der Waals surface area contributed by atoms with Crippen LogP contribution >= 0.6 is 0 Å². The molecule has 104 valence electrons. The zero-order chi connectivity index (χ0) is 14.0. The molecule has 6 N–H and O–H groups in total. The molecule has 1 aliphatic rings. The highest BCUT2D eigenvalue weighted by Gasteiger charge is 2.44. The molecule has 0 spiro atoms. The van der Waals surface area contributed by atoms with Crippen molar-refractivity contribution in [2.75, 3.05) is 13.1 Å². The summed E-state index contributed by atoms with van der Waals surface area (Å²) < 4.78 is 27.0. The molecule has 2 rings (SSSR count). The summed E-state index contributed by atoms with van der Waals surface area (Å²) in [6, 6.07) is 5.93. The van der Waals surface area contributed by atoms with Gasteiger partial charge in [-0.2, -0.15) is 0 Å². The van der Waals surface area contributed by atoms with E-state index in [0.29, 0.717) is 12.1 Å². The Morgan fingerprint density at radius 1 is 1.47 bits per heavy atom. The standard InChI is InChI=1S/C12H16F2N4O/c13-11(14)12(6-17-5-9(15)18-12)8-3-1-2-7(4-8)10(16)19/h1-4,9,11,17-18H,5-6,15H2,(H2,16,19). The fourth-order valence-corrected chi connectivity index (χ4v) is 2.26. The molecule has 1 aromatic rings. The maximum Gasteiger partial charge on any atom is 0.261 e. The van der Waals surface area contributed by atoms with Gasteiger partial charge in [-0.1, -0.05) is 12.1 Å². The van der Waals surface area contributed by atoms with Crippen LogP contribution in [0.5, 0.6) is 0 Å². The third-order valence-electron chi connectivity index (χ3n) is 3.25. The number of benzene rings is 1. The summed E-state index contributed by atoms with van der Waals surface area (Å²) in [6.45, 7) is 0.435. The van der Waals surface area contributed by atoms with Crippen molar-refractivity contribution in [2.45, 2.75) is 18.1 Å². The lowest BCUT2D eigenvalue weighted by atomic mass is 9.87. The zero-order valence-corrected chi connectivity index (χ0v) is 10.2. The number of nitrogens with two attached hydrogens (primary N) is 2. The van der Waals surface area contributed by atoms with Gasteiger partial charge in [-0.05, 0) is 17.7 Å². The number of hydrogen-bond donors (Lipinski definition) is 4. The summed E-state index contributed by atoms with van der Waals surface area (Å²) >= 11 is 0. The number of amides is 1. The molecule has 0 aromatic heterocycles.